The maximum absolute atomic E-state index is 12.1. The van der Waals surface area contributed by atoms with Crippen molar-refractivity contribution in [2.75, 3.05) is 0 Å². The standard InChI is InChI=1S/C28H20N4O12S2/c33-23-9-7-17(11-21(23)27(35)36)29-31-19-5-3-15(25(13-19)45(39,40)41)1-2-16-4-6-20(14-26(16)46(42,43)44)32-30-18-8-10-24(34)22(12-18)28(37)38/h1-14,33-34H,(H,35,36)(H,37,38)(H,39,40,41)(H,42,43,44). The molecular weight excluding hydrogens is 648 g/mol. The van der Waals surface area contributed by atoms with Gasteiger partial charge in [-0.05, 0) is 71.8 Å². The number of carboxylic acid groups (broad SMARTS) is 2. The Hall–Kier alpha value is -5.82. The summed E-state index contributed by atoms with van der Waals surface area (Å²) >= 11 is 0. The van der Waals surface area contributed by atoms with Crippen molar-refractivity contribution in [3.8, 4) is 11.5 Å². The molecule has 0 bridgehead atoms. The number of rotatable bonds is 10. The van der Waals surface area contributed by atoms with Crippen LogP contribution in [0.15, 0.2) is 103 Å². The molecule has 46 heavy (non-hydrogen) atoms. The summed E-state index contributed by atoms with van der Waals surface area (Å²) in [6, 6.07) is 13.7. The smallest absolute Gasteiger partial charge is 0.339 e. The zero-order chi connectivity index (χ0) is 33.8. The minimum Gasteiger partial charge on any atom is -0.507 e. The lowest BCUT2D eigenvalue weighted by Gasteiger charge is -2.06. The van der Waals surface area contributed by atoms with Crippen molar-refractivity contribution in [1.82, 2.24) is 0 Å². The second-order valence-corrected chi connectivity index (χ2v) is 11.9. The van der Waals surface area contributed by atoms with E-state index in [4.69, 9.17) is 10.2 Å². The SMILES string of the molecule is O=C(O)c1cc(N=Nc2ccc(C=Cc3ccc(N=Nc4ccc(O)c(C(=O)O)c4)cc3S(=O)(=O)O)c(S(=O)(=O)O)c2)ccc1O. The van der Waals surface area contributed by atoms with Crippen LogP contribution in [0.2, 0.25) is 0 Å². The van der Waals surface area contributed by atoms with Crippen LogP contribution in [0.3, 0.4) is 0 Å². The molecule has 0 aliphatic heterocycles. The van der Waals surface area contributed by atoms with Crippen LogP contribution in [0.5, 0.6) is 11.5 Å². The highest BCUT2D eigenvalue weighted by Crippen LogP contribution is 2.31. The molecule has 0 aliphatic rings. The zero-order valence-electron chi connectivity index (χ0n) is 22.8. The Bertz CT molecular complexity index is 2040. The molecule has 6 N–H and O–H groups in total. The van der Waals surface area contributed by atoms with Gasteiger partial charge in [0.2, 0.25) is 0 Å². The molecule has 18 heteroatoms. The molecule has 236 valence electrons. The lowest BCUT2D eigenvalue weighted by molar-refractivity contribution is 0.0682. The van der Waals surface area contributed by atoms with Crippen LogP contribution in [0, 0.1) is 0 Å². The maximum Gasteiger partial charge on any atom is 0.339 e. The third kappa shape index (κ3) is 8.01. The molecule has 0 aliphatic carbocycles. The summed E-state index contributed by atoms with van der Waals surface area (Å²) in [6.45, 7) is 0. The minimum absolute atomic E-state index is 0.0152. The molecule has 4 aromatic carbocycles. The van der Waals surface area contributed by atoms with Crippen molar-refractivity contribution in [2.24, 2.45) is 20.5 Å². The van der Waals surface area contributed by atoms with Gasteiger partial charge in [-0.2, -0.15) is 37.3 Å². The number of hydrogen-bond donors (Lipinski definition) is 6. The second kappa shape index (κ2) is 13.0. The average Bonchev–Trinajstić information content (AvgIpc) is 2.98. The van der Waals surface area contributed by atoms with Gasteiger partial charge < -0.3 is 20.4 Å². The minimum atomic E-state index is -4.87. The van der Waals surface area contributed by atoms with Crippen molar-refractivity contribution < 1.29 is 56.0 Å². The van der Waals surface area contributed by atoms with Gasteiger partial charge >= 0.3 is 11.9 Å². The van der Waals surface area contributed by atoms with E-state index in [1.165, 1.54) is 36.4 Å². The summed E-state index contributed by atoms with van der Waals surface area (Å²) in [4.78, 5) is 21.1. The molecule has 0 unspecified atom stereocenters. The Kier molecular flexibility index (Phi) is 9.38. The van der Waals surface area contributed by atoms with Crippen LogP contribution in [0.4, 0.5) is 22.7 Å². The molecule has 0 aromatic heterocycles. The molecule has 0 fully saturated rings. The zero-order valence-corrected chi connectivity index (χ0v) is 24.5. The molecule has 0 atom stereocenters. The van der Waals surface area contributed by atoms with Crippen LogP contribution >= 0.6 is 0 Å². The number of hydrogen-bond acceptors (Lipinski definition) is 12. The van der Waals surface area contributed by atoms with Crippen LogP contribution in [-0.2, 0) is 20.2 Å². The summed E-state index contributed by atoms with van der Waals surface area (Å²) in [7, 11) is -9.74. The van der Waals surface area contributed by atoms with Gasteiger partial charge in [-0.3, -0.25) is 9.11 Å². The van der Waals surface area contributed by atoms with Crippen molar-refractivity contribution >= 4 is 67.1 Å². The van der Waals surface area contributed by atoms with Gasteiger partial charge in [-0.15, -0.1) is 0 Å². The monoisotopic (exact) mass is 668 g/mol. The van der Waals surface area contributed by atoms with Crippen molar-refractivity contribution in [2.45, 2.75) is 9.79 Å². The van der Waals surface area contributed by atoms with E-state index in [-0.39, 0.29) is 33.9 Å². The fourth-order valence-electron chi connectivity index (χ4n) is 3.82. The van der Waals surface area contributed by atoms with Gasteiger partial charge in [0, 0.05) is 0 Å². The number of azo groups is 2. The number of aromatic hydroxyl groups is 2. The van der Waals surface area contributed by atoms with Crippen molar-refractivity contribution in [1.29, 1.82) is 0 Å². The van der Waals surface area contributed by atoms with E-state index in [0.29, 0.717) is 0 Å². The summed E-state index contributed by atoms with van der Waals surface area (Å²) in [5, 5.41) is 52.8. The van der Waals surface area contributed by atoms with E-state index in [9.17, 15) is 45.7 Å². The Morgan fingerprint density at radius 2 is 0.826 bits per heavy atom. The van der Waals surface area contributed by atoms with Crippen molar-refractivity contribution in [3.63, 3.8) is 0 Å². The maximum atomic E-state index is 12.1. The molecule has 0 heterocycles. The Balaban J connectivity index is 1.66. The lowest BCUT2D eigenvalue weighted by Crippen LogP contribution is -2.01. The number of nitrogens with zero attached hydrogens (tertiary/aromatic N) is 4. The molecule has 0 spiro atoms. The molecule has 0 saturated carbocycles. The number of benzene rings is 4. The molecule has 0 radical (unpaired) electrons. The van der Waals surface area contributed by atoms with Crippen LogP contribution in [0.1, 0.15) is 31.8 Å². The molecule has 0 amide bonds. The Morgan fingerprint density at radius 1 is 0.522 bits per heavy atom. The van der Waals surface area contributed by atoms with Gasteiger partial charge in [-0.25, -0.2) is 9.59 Å². The molecular formula is C28H20N4O12S2. The third-order valence-corrected chi connectivity index (χ3v) is 7.79. The van der Waals surface area contributed by atoms with E-state index in [1.54, 1.807) is 0 Å². The molecule has 16 nitrogen and oxygen atoms in total. The predicted molar refractivity (Wildman–Crippen MR) is 160 cm³/mol. The fourth-order valence-corrected chi connectivity index (χ4v) is 5.23. The summed E-state index contributed by atoms with van der Waals surface area (Å²) in [5.74, 6) is -3.84. The predicted octanol–water partition coefficient (Wildman–Crippen LogP) is 5.99. The fraction of sp³-hybridized carbons (Fsp3) is 0. The van der Waals surface area contributed by atoms with Gasteiger partial charge in [0.15, 0.2) is 0 Å². The van der Waals surface area contributed by atoms with Gasteiger partial charge in [0.1, 0.15) is 32.4 Å². The van der Waals surface area contributed by atoms with Gasteiger partial charge in [0.05, 0.1) is 22.7 Å². The number of aromatic carboxylic acids is 2. The van der Waals surface area contributed by atoms with Crippen LogP contribution in [0.25, 0.3) is 12.2 Å². The van der Waals surface area contributed by atoms with Crippen LogP contribution < -0.4 is 0 Å². The van der Waals surface area contributed by atoms with Gasteiger partial charge in [-0.1, -0.05) is 24.3 Å². The largest absolute Gasteiger partial charge is 0.507 e. The average molecular weight is 669 g/mol. The van der Waals surface area contributed by atoms with Gasteiger partial charge in [0.25, 0.3) is 20.2 Å². The Morgan fingerprint density at radius 3 is 1.13 bits per heavy atom. The topological polar surface area (TPSA) is 273 Å². The molecule has 4 rings (SSSR count). The quantitative estimate of drug-likeness (QED) is 0.0646. The highest BCUT2D eigenvalue weighted by atomic mass is 32.2. The van der Waals surface area contributed by atoms with Crippen LogP contribution in [-0.4, -0.2) is 58.3 Å². The summed E-state index contributed by atoms with van der Waals surface area (Å²) < 4.78 is 68.2. The lowest BCUT2D eigenvalue weighted by atomic mass is 10.1. The normalized spacial score (nSPS) is 12.3. The molecule has 0 saturated heterocycles. The first kappa shape index (κ1) is 33.1. The molecule has 4 aromatic rings. The first-order valence-electron chi connectivity index (χ1n) is 12.4. The summed E-state index contributed by atoms with van der Waals surface area (Å²) in [6.07, 6.45) is 2.27. The number of phenols is 2. The first-order valence-corrected chi connectivity index (χ1v) is 15.3. The third-order valence-electron chi connectivity index (χ3n) is 5.98. The first-order chi connectivity index (χ1) is 21.5. The highest BCUT2D eigenvalue weighted by molar-refractivity contribution is 7.86. The second-order valence-electron chi connectivity index (χ2n) is 9.14. The van der Waals surface area contributed by atoms with E-state index in [2.05, 4.69) is 20.5 Å². The van der Waals surface area contributed by atoms with E-state index < -0.39 is 64.6 Å². The van der Waals surface area contributed by atoms with Crippen molar-refractivity contribution in [3.05, 3.63) is 95.1 Å². The summed E-state index contributed by atoms with van der Waals surface area (Å²) in [5.41, 5.74) is -1.25. The van der Waals surface area contributed by atoms with E-state index in [0.717, 1.165) is 48.6 Å². The Labute approximate surface area is 259 Å². The highest BCUT2D eigenvalue weighted by Gasteiger charge is 2.18. The number of carboxylic acids is 2. The number of carbonyl (C=O) groups is 2. The van der Waals surface area contributed by atoms with E-state index >= 15 is 0 Å². The van der Waals surface area contributed by atoms with E-state index in [1.807, 2.05) is 0 Å².